The third-order valence-corrected chi connectivity index (χ3v) is 6.34. The molecule has 3 aromatic rings. The Hall–Kier alpha value is -0.970. The molecule has 140 valence electrons. The van der Waals surface area contributed by atoms with Crippen molar-refractivity contribution >= 4 is 105 Å². The zero-order valence-corrected chi connectivity index (χ0v) is 19.7. The molecule has 0 atom stereocenters. The minimum atomic E-state index is -0.423. The Morgan fingerprint density at radius 2 is 2.04 bits per heavy atom. The first kappa shape index (κ1) is 20.8. The van der Waals surface area contributed by atoms with Gasteiger partial charge in [0.1, 0.15) is 11.3 Å². The van der Waals surface area contributed by atoms with Crippen LogP contribution >= 0.6 is 78.6 Å². The first-order chi connectivity index (χ1) is 12.8. The van der Waals surface area contributed by atoms with Crippen molar-refractivity contribution in [3.8, 4) is 5.75 Å². The van der Waals surface area contributed by atoms with Crippen molar-refractivity contribution in [3.63, 3.8) is 0 Å². The Balaban J connectivity index is 1.78. The molecule has 11 heteroatoms. The molecular formula is C16H9Br2Cl2N3O2S2. The number of hydrogen-bond donors (Lipinski definition) is 2. The lowest BCUT2D eigenvalue weighted by molar-refractivity contribution is 0.0974. The van der Waals surface area contributed by atoms with Crippen LogP contribution in [0.25, 0.3) is 10.2 Å². The van der Waals surface area contributed by atoms with E-state index in [0.717, 1.165) is 9.17 Å². The average molecular weight is 570 g/mol. The fraction of sp³-hybridized carbons (Fsp3) is 0.0625. The van der Waals surface area contributed by atoms with Crippen LogP contribution in [0.15, 0.2) is 33.2 Å². The van der Waals surface area contributed by atoms with E-state index < -0.39 is 5.91 Å². The highest BCUT2D eigenvalue weighted by Gasteiger charge is 2.18. The van der Waals surface area contributed by atoms with E-state index in [0.29, 0.717) is 36.5 Å². The van der Waals surface area contributed by atoms with Gasteiger partial charge in [-0.25, -0.2) is 4.98 Å². The number of amides is 1. The highest BCUT2D eigenvalue weighted by molar-refractivity contribution is 9.11. The average Bonchev–Trinajstić information content (AvgIpc) is 3.00. The number of aromatic nitrogens is 1. The molecule has 0 saturated heterocycles. The Labute approximate surface area is 190 Å². The van der Waals surface area contributed by atoms with Crippen molar-refractivity contribution in [1.29, 1.82) is 0 Å². The maximum atomic E-state index is 12.6. The quantitative estimate of drug-likeness (QED) is 0.364. The standard InChI is InChI=1S/C16H9Br2Cl2N3O2S2/c1-25-13-7(4-6(17)5-8(13)18)14(24)22-15(26)23-16-21-12-10(27-16)3-2-9(19)11(12)20/h2-5H,1H3,(H2,21,22,23,24,26). The number of thiocarbonyl (C=S) groups is 1. The number of benzene rings is 2. The second-order valence-corrected chi connectivity index (χ2v) is 9.10. The molecule has 0 aliphatic carbocycles. The number of fused-ring (bicyclic) bond motifs is 1. The van der Waals surface area contributed by atoms with Crippen LogP contribution in [0.1, 0.15) is 10.4 Å². The lowest BCUT2D eigenvalue weighted by Gasteiger charge is -2.12. The number of nitrogens with one attached hydrogen (secondary N) is 2. The third kappa shape index (κ3) is 4.55. The molecule has 0 unspecified atom stereocenters. The molecule has 27 heavy (non-hydrogen) atoms. The SMILES string of the molecule is COc1c(Br)cc(Br)cc1C(=O)NC(=S)Nc1nc2c(Cl)c(Cl)ccc2s1. The number of rotatable bonds is 3. The Bertz CT molecular complexity index is 1080. The first-order valence-electron chi connectivity index (χ1n) is 7.20. The van der Waals surface area contributed by atoms with E-state index in [2.05, 4.69) is 47.5 Å². The maximum Gasteiger partial charge on any atom is 0.261 e. The minimum absolute atomic E-state index is 0.0967. The van der Waals surface area contributed by atoms with Crippen LogP contribution in [0.4, 0.5) is 5.13 Å². The fourth-order valence-electron chi connectivity index (χ4n) is 2.23. The summed E-state index contributed by atoms with van der Waals surface area (Å²) in [7, 11) is 1.48. The summed E-state index contributed by atoms with van der Waals surface area (Å²) >= 11 is 25.4. The third-order valence-electron chi connectivity index (χ3n) is 3.36. The number of hydrogen-bond acceptors (Lipinski definition) is 5. The van der Waals surface area contributed by atoms with Crippen molar-refractivity contribution in [2.24, 2.45) is 0 Å². The van der Waals surface area contributed by atoms with Crippen molar-refractivity contribution in [1.82, 2.24) is 10.3 Å². The molecule has 3 rings (SSSR count). The molecule has 5 nitrogen and oxygen atoms in total. The van der Waals surface area contributed by atoms with E-state index in [1.54, 1.807) is 18.2 Å². The number of methoxy groups -OCH3 is 1. The van der Waals surface area contributed by atoms with E-state index in [-0.39, 0.29) is 5.11 Å². The van der Waals surface area contributed by atoms with Crippen LogP contribution in [0.5, 0.6) is 5.75 Å². The summed E-state index contributed by atoms with van der Waals surface area (Å²) in [6, 6.07) is 6.94. The molecule has 1 amide bonds. The van der Waals surface area contributed by atoms with Gasteiger partial charge in [0.15, 0.2) is 10.2 Å². The predicted octanol–water partition coefficient (Wildman–Crippen LogP) is 6.26. The lowest BCUT2D eigenvalue weighted by atomic mass is 10.2. The van der Waals surface area contributed by atoms with E-state index >= 15 is 0 Å². The largest absolute Gasteiger partial charge is 0.495 e. The molecule has 1 aromatic heterocycles. The summed E-state index contributed by atoms with van der Waals surface area (Å²) in [4.78, 5) is 17.0. The number of ether oxygens (including phenoxy) is 1. The number of nitrogens with zero attached hydrogens (tertiary/aromatic N) is 1. The van der Waals surface area contributed by atoms with Gasteiger partial charge >= 0.3 is 0 Å². The van der Waals surface area contributed by atoms with Crippen molar-refractivity contribution in [2.75, 3.05) is 12.4 Å². The molecule has 0 fully saturated rings. The minimum Gasteiger partial charge on any atom is -0.495 e. The highest BCUT2D eigenvalue weighted by Crippen LogP contribution is 2.35. The Morgan fingerprint density at radius 3 is 2.74 bits per heavy atom. The number of carbonyl (C=O) groups excluding carboxylic acids is 1. The van der Waals surface area contributed by atoms with Gasteiger partial charge in [-0.05, 0) is 52.4 Å². The van der Waals surface area contributed by atoms with Gasteiger partial charge in [0.2, 0.25) is 0 Å². The van der Waals surface area contributed by atoms with E-state index in [4.69, 9.17) is 40.2 Å². The summed E-state index contributed by atoms with van der Waals surface area (Å²) in [6.07, 6.45) is 0. The van der Waals surface area contributed by atoms with E-state index in [1.165, 1.54) is 18.4 Å². The maximum absolute atomic E-state index is 12.6. The zero-order valence-electron chi connectivity index (χ0n) is 13.4. The van der Waals surface area contributed by atoms with Gasteiger partial charge in [0.25, 0.3) is 5.91 Å². The Morgan fingerprint density at radius 1 is 1.30 bits per heavy atom. The second-order valence-electron chi connectivity index (χ2n) is 5.10. The van der Waals surface area contributed by atoms with Crippen LogP contribution in [-0.4, -0.2) is 23.1 Å². The van der Waals surface area contributed by atoms with Gasteiger partial charge in [-0.2, -0.15) is 0 Å². The van der Waals surface area contributed by atoms with Gasteiger partial charge in [0, 0.05) is 4.47 Å². The van der Waals surface area contributed by atoms with Crippen LogP contribution < -0.4 is 15.4 Å². The monoisotopic (exact) mass is 567 g/mol. The normalized spacial score (nSPS) is 10.7. The number of carbonyl (C=O) groups is 1. The van der Waals surface area contributed by atoms with Gasteiger partial charge in [-0.1, -0.05) is 50.5 Å². The lowest BCUT2D eigenvalue weighted by Crippen LogP contribution is -2.34. The van der Waals surface area contributed by atoms with Crippen LogP contribution in [0.3, 0.4) is 0 Å². The molecule has 0 saturated carbocycles. The molecule has 0 radical (unpaired) electrons. The van der Waals surface area contributed by atoms with Crippen molar-refractivity contribution < 1.29 is 9.53 Å². The van der Waals surface area contributed by atoms with Gasteiger partial charge in [0.05, 0.1) is 31.9 Å². The van der Waals surface area contributed by atoms with Crippen LogP contribution in [-0.2, 0) is 0 Å². The van der Waals surface area contributed by atoms with E-state index in [9.17, 15) is 4.79 Å². The molecule has 0 spiro atoms. The van der Waals surface area contributed by atoms with Crippen LogP contribution in [0, 0.1) is 0 Å². The molecule has 0 bridgehead atoms. The number of halogens is 4. The smallest absolute Gasteiger partial charge is 0.261 e. The van der Waals surface area contributed by atoms with Gasteiger partial charge < -0.3 is 10.1 Å². The summed E-state index contributed by atoms with van der Waals surface area (Å²) in [5.74, 6) is -0.0200. The summed E-state index contributed by atoms with van der Waals surface area (Å²) in [6.45, 7) is 0. The molecule has 0 aliphatic rings. The van der Waals surface area contributed by atoms with Crippen LogP contribution in [0.2, 0.25) is 10.0 Å². The molecular weight excluding hydrogens is 561 g/mol. The topological polar surface area (TPSA) is 63.2 Å². The first-order valence-corrected chi connectivity index (χ1v) is 10.8. The Kier molecular flexibility index (Phi) is 6.60. The van der Waals surface area contributed by atoms with E-state index in [1.807, 2.05) is 6.07 Å². The number of anilines is 1. The molecule has 1 heterocycles. The summed E-state index contributed by atoms with van der Waals surface area (Å²) in [5.41, 5.74) is 0.894. The molecule has 2 aromatic carbocycles. The highest BCUT2D eigenvalue weighted by atomic mass is 79.9. The van der Waals surface area contributed by atoms with Gasteiger partial charge in [-0.3, -0.25) is 10.1 Å². The zero-order chi connectivity index (χ0) is 19.7. The molecule has 0 aliphatic heterocycles. The molecule has 2 N–H and O–H groups in total. The number of thiazole rings is 1. The van der Waals surface area contributed by atoms with Crippen molar-refractivity contribution in [3.05, 3.63) is 48.8 Å². The fourth-order valence-corrected chi connectivity index (χ4v) is 5.16. The summed E-state index contributed by atoms with van der Waals surface area (Å²) in [5, 5.41) is 6.88. The van der Waals surface area contributed by atoms with Crippen molar-refractivity contribution in [2.45, 2.75) is 0 Å². The second kappa shape index (κ2) is 8.59. The summed E-state index contributed by atoms with van der Waals surface area (Å²) < 4.78 is 7.49. The predicted molar refractivity (Wildman–Crippen MR) is 122 cm³/mol. The van der Waals surface area contributed by atoms with Gasteiger partial charge in [-0.15, -0.1) is 0 Å².